The van der Waals surface area contributed by atoms with Crippen LogP contribution in [-0.4, -0.2) is 25.2 Å². The van der Waals surface area contributed by atoms with Crippen LogP contribution in [0, 0.1) is 19.7 Å². The lowest BCUT2D eigenvalue weighted by Gasteiger charge is -2.19. The van der Waals surface area contributed by atoms with E-state index in [0.717, 1.165) is 40.0 Å². The molecule has 0 radical (unpaired) electrons. The lowest BCUT2D eigenvalue weighted by molar-refractivity contribution is 0.347. The second kappa shape index (κ2) is 11.1. The first-order chi connectivity index (χ1) is 16.2. The van der Waals surface area contributed by atoms with E-state index in [4.69, 9.17) is 4.74 Å². The molecule has 0 aliphatic heterocycles. The molecule has 1 heterocycles. The molecule has 4 heteroatoms. The SMILES string of the molecule is CC(C)=CCOc1ccc(-c2cc(C)c(-c3ccc(N(C)CC=C(C)C)cc3F)cc2C)cn1. The van der Waals surface area contributed by atoms with Crippen LogP contribution in [0.25, 0.3) is 22.3 Å². The smallest absolute Gasteiger partial charge is 0.213 e. The summed E-state index contributed by atoms with van der Waals surface area (Å²) in [5, 5.41) is 0. The van der Waals surface area contributed by atoms with Crippen molar-refractivity contribution >= 4 is 5.69 Å². The van der Waals surface area contributed by atoms with Crippen molar-refractivity contribution in [3.63, 3.8) is 0 Å². The van der Waals surface area contributed by atoms with Gasteiger partial charge >= 0.3 is 0 Å². The van der Waals surface area contributed by atoms with Gasteiger partial charge in [-0.3, -0.25) is 0 Å². The highest BCUT2D eigenvalue weighted by atomic mass is 19.1. The second-order valence-electron chi connectivity index (χ2n) is 9.29. The maximum atomic E-state index is 15.2. The molecular weight excluding hydrogens is 423 g/mol. The molecule has 3 aromatic rings. The third kappa shape index (κ3) is 6.34. The fraction of sp³-hybridized carbons (Fsp3) is 0.300. The van der Waals surface area contributed by atoms with E-state index in [1.165, 1.54) is 11.1 Å². The van der Waals surface area contributed by atoms with E-state index >= 15 is 4.39 Å². The van der Waals surface area contributed by atoms with Crippen molar-refractivity contribution in [3.05, 3.63) is 88.9 Å². The highest BCUT2D eigenvalue weighted by Crippen LogP contribution is 2.34. The number of anilines is 1. The van der Waals surface area contributed by atoms with Crippen LogP contribution in [0.1, 0.15) is 38.8 Å². The molecule has 0 saturated carbocycles. The summed E-state index contributed by atoms with van der Waals surface area (Å²) >= 11 is 0. The molecule has 0 atom stereocenters. The summed E-state index contributed by atoms with van der Waals surface area (Å²) < 4.78 is 20.8. The van der Waals surface area contributed by atoms with Gasteiger partial charge in [-0.15, -0.1) is 0 Å². The van der Waals surface area contributed by atoms with Gasteiger partial charge < -0.3 is 9.64 Å². The van der Waals surface area contributed by atoms with Gasteiger partial charge in [0.25, 0.3) is 0 Å². The summed E-state index contributed by atoms with van der Waals surface area (Å²) in [6.45, 7) is 13.6. The first-order valence-electron chi connectivity index (χ1n) is 11.6. The standard InChI is InChI=1S/C30H35FN2O/c1-20(2)12-14-33(7)25-9-10-26(29(31)18-25)28-17-22(5)27(16-23(28)6)24-8-11-30(32-19-24)34-15-13-21(3)4/h8-13,16-19H,14-15H2,1-7H3. The van der Waals surface area contributed by atoms with E-state index < -0.39 is 0 Å². The van der Waals surface area contributed by atoms with Gasteiger partial charge in [0.05, 0.1) is 0 Å². The quantitative estimate of drug-likeness (QED) is 0.321. The Hall–Kier alpha value is -3.40. The number of halogens is 1. The van der Waals surface area contributed by atoms with Crippen LogP contribution in [0.2, 0.25) is 0 Å². The Kier molecular flexibility index (Phi) is 8.27. The molecule has 3 nitrogen and oxygen atoms in total. The van der Waals surface area contributed by atoms with E-state index in [1.54, 1.807) is 6.07 Å². The minimum absolute atomic E-state index is 0.212. The molecule has 0 bridgehead atoms. The van der Waals surface area contributed by atoms with E-state index in [0.29, 0.717) is 18.1 Å². The number of hydrogen-bond donors (Lipinski definition) is 0. The number of aromatic nitrogens is 1. The van der Waals surface area contributed by atoms with Crippen molar-refractivity contribution in [2.45, 2.75) is 41.5 Å². The molecule has 3 rings (SSSR count). The molecule has 1 aromatic heterocycles. The average Bonchev–Trinajstić information content (AvgIpc) is 2.79. The fourth-order valence-corrected chi connectivity index (χ4v) is 3.72. The van der Waals surface area contributed by atoms with Crippen molar-refractivity contribution in [2.24, 2.45) is 0 Å². The highest BCUT2D eigenvalue weighted by Gasteiger charge is 2.13. The lowest BCUT2D eigenvalue weighted by atomic mass is 9.92. The number of hydrogen-bond acceptors (Lipinski definition) is 3. The first-order valence-corrected chi connectivity index (χ1v) is 11.6. The number of rotatable bonds is 8. The van der Waals surface area contributed by atoms with Crippen LogP contribution < -0.4 is 9.64 Å². The predicted molar refractivity (Wildman–Crippen MR) is 142 cm³/mol. The zero-order chi connectivity index (χ0) is 24.8. The van der Waals surface area contributed by atoms with Gasteiger partial charge in [0, 0.05) is 42.7 Å². The minimum Gasteiger partial charge on any atom is -0.473 e. The van der Waals surface area contributed by atoms with Crippen LogP contribution in [-0.2, 0) is 0 Å². The van der Waals surface area contributed by atoms with Crippen molar-refractivity contribution < 1.29 is 9.13 Å². The normalized spacial score (nSPS) is 10.6. The summed E-state index contributed by atoms with van der Waals surface area (Å²) in [6.07, 6.45) is 5.99. The minimum atomic E-state index is -0.212. The average molecular weight is 459 g/mol. The Morgan fingerprint density at radius 3 is 2.18 bits per heavy atom. The molecule has 2 aromatic carbocycles. The maximum absolute atomic E-state index is 15.2. The molecule has 0 spiro atoms. The number of aryl methyl sites for hydroxylation is 2. The summed E-state index contributed by atoms with van der Waals surface area (Å²) in [7, 11) is 1.98. The topological polar surface area (TPSA) is 25.4 Å². The van der Waals surface area contributed by atoms with Crippen LogP contribution in [0.15, 0.2) is 72.0 Å². The number of benzene rings is 2. The third-order valence-electron chi connectivity index (χ3n) is 5.80. The van der Waals surface area contributed by atoms with Gasteiger partial charge in [-0.05, 0) is 94.1 Å². The first kappa shape index (κ1) is 25.2. The van der Waals surface area contributed by atoms with E-state index in [2.05, 4.69) is 44.0 Å². The van der Waals surface area contributed by atoms with E-state index in [9.17, 15) is 0 Å². The zero-order valence-electron chi connectivity index (χ0n) is 21.4. The molecule has 0 N–H and O–H groups in total. The summed E-state index contributed by atoms with van der Waals surface area (Å²) in [4.78, 5) is 6.49. The Morgan fingerprint density at radius 2 is 1.56 bits per heavy atom. The van der Waals surface area contributed by atoms with Crippen molar-refractivity contribution in [1.82, 2.24) is 4.98 Å². The molecule has 34 heavy (non-hydrogen) atoms. The molecule has 0 saturated heterocycles. The molecule has 0 unspecified atom stereocenters. The molecule has 0 aliphatic rings. The number of nitrogens with zero attached hydrogens (tertiary/aromatic N) is 2. The summed E-state index contributed by atoms with van der Waals surface area (Å²) in [6, 6.07) is 13.6. The number of likely N-dealkylation sites (N-methyl/N-ethyl adjacent to an activating group) is 1. The van der Waals surface area contributed by atoms with Crippen molar-refractivity contribution in [3.8, 4) is 28.1 Å². The van der Waals surface area contributed by atoms with Gasteiger partial charge in [-0.25, -0.2) is 9.37 Å². The second-order valence-corrected chi connectivity index (χ2v) is 9.29. The predicted octanol–water partition coefficient (Wildman–Crippen LogP) is 7.92. The van der Waals surface area contributed by atoms with E-state index in [1.807, 2.05) is 69.3 Å². The Bertz CT molecular complexity index is 1200. The third-order valence-corrected chi connectivity index (χ3v) is 5.80. The lowest BCUT2D eigenvalue weighted by Crippen LogP contribution is -2.17. The number of allylic oxidation sites excluding steroid dienone is 2. The van der Waals surface area contributed by atoms with Crippen LogP contribution in [0.4, 0.5) is 10.1 Å². The monoisotopic (exact) mass is 458 g/mol. The Balaban J connectivity index is 1.84. The van der Waals surface area contributed by atoms with Gasteiger partial charge in [-0.2, -0.15) is 0 Å². The van der Waals surface area contributed by atoms with Gasteiger partial charge in [0.1, 0.15) is 12.4 Å². The van der Waals surface area contributed by atoms with Crippen LogP contribution in [0.5, 0.6) is 5.88 Å². The van der Waals surface area contributed by atoms with E-state index in [-0.39, 0.29) is 5.82 Å². The fourth-order valence-electron chi connectivity index (χ4n) is 3.72. The summed E-state index contributed by atoms with van der Waals surface area (Å²) in [5.41, 5.74) is 9.04. The number of pyridine rings is 1. The summed E-state index contributed by atoms with van der Waals surface area (Å²) in [5.74, 6) is 0.389. The molecule has 178 valence electrons. The van der Waals surface area contributed by atoms with Gasteiger partial charge in [-0.1, -0.05) is 29.4 Å². The van der Waals surface area contributed by atoms with Gasteiger partial charge in [0.15, 0.2) is 0 Å². The van der Waals surface area contributed by atoms with Crippen molar-refractivity contribution in [1.29, 1.82) is 0 Å². The molecule has 0 amide bonds. The number of ether oxygens (including phenoxy) is 1. The molecular formula is C30H35FN2O. The van der Waals surface area contributed by atoms with Crippen LogP contribution in [0.3, 0.4) is 0 Å². The Labute approximate surface area is 203 Å². The maximum Gasteiger partial charge on any atom is 0.213 e. The van der Waals surface area contributed by atoms with Crippen LogP contribution >= 0.6 is 0 Å². The highest BCUT2D eigenvalue weighted by molar-refractivity contribution is 5.77. The Morgan fingerprint density at radius 1 is 0.882 bits per heavy atom. The van der Waals surface area contributed by atoms with Crippen molar-refractivity contribution in [2.75, 3.05) is 25.1 Å². The molecule has 0 aliphatic carbocycles. The zero-order valence-corrected chi connectivity index (χ0v) is 21.4. The van der Waals surface area contributed by atoms with Gasteiger partial charge in [0.2, 0.25) is 5.88 Å². The largest absolute Gasteiger partial charge is 0.473 e. The molecule has 0 fully saturated rings.